The monoisotopic (exact) mass is 240 g/mol. The molecule has 0 unspecified atom stereocenters. The van der Waals surface area contributed by atoms with Gasteiger partial charge in [0.1, 0.15) is 5.65 Å². The van der Waals surface area contributed by atoms with E-state index < -0.39 is 0 Å². The summed E-state index contributed by atoms with van der Waals surface area (Å²) in [6.45, 7) is 0. The molecule has 0 atom stereocenters. The predicted molar refractivity (Wildman–Crippen MR) is 72.6 cm³/mol. The van der Waals surface area contributed by atoms with E-state index in [1.165, 1.54) is 16.5 Å². The van der Waals surface area contributed by atoms with E-state index in [0.717, 1.165) is 17.0 Å². The Balaban J connectivity index is 1.97. The van der Waals surface area contributed by atoms with E-state index in [-0.39, 0.29) is 0 Å². The Morgan fingerprint density at radius 3 is 2.76 bits per heavy atom. The number of H-pyrrole nitrogens is 1. The van der Waals surface area contributed by atoms with Gasteiger partial charge in [-0.05, 0) is 41.8 Å². The predicted octanol–water partition coefficient (Wildman–Crippen LogP) is 3.44. The van der Waals surface area contributed by atoms with Gasteiger partial charge in [-0.3, -0.25) is 0 Å². The number of thiol groups is 1. The number of nitrogens with one attached hydrogen (secondary N) is 1. The summed E-state index contributed by atoms with van der Waals surface area (Å²) in [6, 6.07) is 12.3. The Bertz CT molecular complexity index is 641. The lowest BCUT2D eigenvalue weighted by Gasteiger charge is -2.00. The van der Waals surface area contributed by atoms with Crippen molar-refractivity contribution in [3.63, 3.8) is 0 Å². The van der Waals surface area contributed by atoms with Gasteiger partial charge < -0.3 is 4.98 Å². The maximum absolute atomic E-state index is 4.29. The fourth-order valence-electron chi connectivity index (χ4n) is 1.99. The molecule has 1 N–H and O–H groups in total. The highest BCUT2D eigenvalue weighted by atomic mass is 32.1. The first-order valence-electron chi connectivity index (χ1n) is 5.52. The molecular weight excluding hydrogens is 228 g/mol. The Labute approximate surface area is 105 Å². The van der Waals surface area contributed by atoms with Gasteiger partial charge in [0.05, 0.1) is 0 Å². The third-order valence-electron chi connectivity index (χ3n) is 2.87. The summed E-state index contributed by atoms with van der Waals surface area (Å²) in [5.41, 5.74) is 3.51. The van der Waals surface area contributed by atoms with Crippen LogP contribution in [0.15, 0.2) is 53.7 Å². The second-order valence-electron chi connectivity index (χ2n) is 4.06. The number of benzene rings is 1. The van der Waals surface area contributed by atoms with E-state index in [2.05, 4.69) is 40.8 Å². The summed E-state index contributed by atoms with van der Waals surface area (Å²) in [6.07, 6.45) is 4.75. The normalized spacial score (nSPS) is 10.9. The number of rotatable bonds is 2. The second-order valence-corrected chi connectivity index (χ2v) is 4.57. The molecule has 0 saturated heterocycles. The first-order valence-corrected chi connectivity index (χ1v) is 5.96. The zero-order chi connectivity index (χ0) is 11.7. The summed E-state index contributed by atoms with van der Waals surface area (Å²) in [5.74, 6) is 0. The summed E-state index contributed by atoms with van der Waals surface area (Å²) >= 11 is 4.29. The molecule has 0 fully saturated rings. The molecule has 2 nitrogen and oxygen atoms in total. The van der Waals surface area contributed by atoms with E-state index in [4.69, 9.17) is 0 Å². The Morgan fingerprint density at radius 1 is 1.12 bits per heavy atom. The molecule has 3 aromatic rings. The molecule has 0 aliphatic heterocycles. The fourth-order valence-corrected chi connectivity index (χ4v) is 2.14. The third-order valence-corrected chi connectivity index (χ3v) is 3.17. The van der Waals surface area contributed by atoms with Crippen molar-refractivity contribution in [2.24, 2.45) is 0 Å². The topological polar surface area (TPSA) is 28.7 Å². The smallest absolute Gasteiger partial charge is 0.137 e. The minimum atomic E-state index is 0.916. The number of pyridine rings is 1. The fraction of sp³-hybridized carbons (Fsp3) is 0.0714. The number of aromatic amines is 1. The Morgan fingerprint density at radius 2 is 1.94 bits per heavy atom. The van der Waals surface area contributed by atoms with Crippen molar-refractivity contribution in [2.45, 2.75) is 11.3 Å². The van der Waals surface area contributed by atoms with Crippen molar-refractivity contribution in [3.8, 4) is 0 Å². The summed E-state index contributed by atoms with van der Waals surface area (Å²) < 4.78 is 0. The minimum absolute atomic E-state index is 0.916. The average Bonchev–Trinajstić information content (AvgIpc) is 2.76. The number of hydrogen-bond acceptors (Lipinski definition) is 2. The molecule has 3 rings (SSSR count). The van der Waals surface area contributed by atoms with Crippen LogP contribution < -0.4 is 0 Å². The van der Waals surface area contributed by atoms with Crippen LogP contribution in [0.5, 0.6) is 0 Å². The van der Waals surface area contributed by atoms with Crippen LogP contribution in [-0.2, 0) is 6.42 Å². The molecular formula is C14H12N2S. The molecule has 1 aromatic carbocycles. The SMILES string of the molecule is Sc1ccc(Cc2c[nH]c3ncccc23)cc1. The van der Waals surface area contributed by atoms with Gasteiger partial charge in [-0.1, -0.05) is 12.1 Å². The van der Waals surface area contributed by atoms with Crippen LogP contribution in [-0.4, -0.2) is 9.97 Å². The van der Waals surface area contributed by atoms with Crippen LogP contribution in [0.25, 0.3) is 11.0 Å². The quantitative estimate of drug-likeness (QED) is 0.660. The molecule has 0 radical (unpaired) electrons. The zero-order valence-electron chi connectivity index (χ0n) is 9.22. The van der Waals surface area contributed by atoms with Crippen LogP contribution in [0.3, 0.4) is 0 Å². The van der Waals surface area contributed by atoms with Crippen LogP contribution in [0.1, 0.15) is 11.1 Å². The molecule has 84 valence electrons. The molecule has 0 saturated carbocycles. The van der Waals surface area contributed by atoms with Gasteiger partial charge in [0.15, 0.2) is 0 Å². The van der Waals surface area contributed by atoms with Crippen LogP contribution in [0, 0.1) is 0 Å². The Hall–Kier alpha value is -1.74. The van der Waals surface area contributed by atoms with Crippen molar-refractivity contribution in [2.75, 3.05) is 0 Å². The minimum Gasteiger partial charge on any atom is -0.346 e. The number of fused-ring (bicyclic) bond motifs is 1. The lowest BCUT2D eigenvalue weighted by atomic mass is 10.1. The van der Waals surface area contributed by atoms with Gasteiger partial charge in [0, 0.05) is 22.7 Å². The second kappa shape index (κ2) is 4.26. The molecule has 0 bridgehead atoms. The molecule has 2 aromatic heterocycles. The maximum Gasteiger partial charge on any atom is 0.137 e. The highest BCUT2D eigenvalue weighted by molar-refractivity contribution is 7.80. The summed E-state index contributed by atoms with van der Waals surface area (Å²) in [7, 11) is 0. The van der Waals surface area contributed by atoms with Crippen LogP contribution >= 0.6 is 12.6 Å². The van der Waals surface area contributed by atoms with Crippen molar-refractivity contribution in [1.82, 2.24) is 9.97 Å². The van der Waals surface area contributed by atoms with E-state index in [0.29, 0.717) is 0 Å². The molecule has 3 heteroatoms. The molecule has 0 amide bonds. The number of aromatic nitrogens is 2. The summed E-state index contributed by atoms with van der Waals surface area (Å²) in [5, 5.41) is 1.20. The lowest BCUT2D eigenvalue weighted by molar-refractivity contribution is 1.19. The van der Waals surface area contributed by atoms with Gasteiger partial charge in [-0.2, -0.15) is 0 Å². The van der Waals surface area contributed by atoms with Gasteiger partial charge in [0.25, 0.3) is 0 Å². The molecule has 2 heterocycles. The van der Waals surface area contributed by atoms with Gasteiger partial charge in [0.2, 0.25) is 0 Å². The van der Waals surface area contributed by atoms with Crippen molar-refractivity contribution in [1.29, 1.82) is 0 Å². The zero-order valence-corrected chi connectivity index (χ0v) is 10.1. The largest absolute Gasteiger partial charge is 0.346 e. The first-order chi connectivity index (χ1) is 8.33. The molecule has 0 spiro atoms. The highest BCUT2D eigenvalue weighted by Gasteiger charge is 2.04. The van der Waals surface area contributed by atoms with Gasteiger partial charge >= 0.3 is 0 Å². The Kier molecular flexibility index (Phi) is 2.61. The molecule has 17 heavy (non-hydrogen) atoms. The first kappa shape index (κ1) is 10.4. The average molecular weight is 240 g/mol. The van der Waals surface area contributed by atoms with E-state index >= 15 is 0 Å². The van der Waals surface area contributed by atoms with Crippen LogP contribution in [0.4, 0.5) is 0 Å². The lowest BCUT2D eigenvalue weighted by Crippen LogP contribution is -1.86. The van der Waals surface area contributed by atoms with Crippen molar-refractivity contribution in [3.05, 3.63) is 59.9 Å². The van der Waals surface area contributed by atoms with Crippen molar-refractivity contribution < 1.29 is 0 Å². The van der Waals surface area contributed by atoms with Gasteiger partial charge in [-0.25, -0.2) is 4.98 Å². The maximum atomic E-state index is 4.29. The van der Waals surface area contributed by atoms with E-state index in [9.17, 15) is 0 Å². The van der Waals surface area contributed by atoms with E-state index in [1.807, 2.05) is 24.4 Å². The molecule has 0 aliphatic rings. The number of hydrogen-bond donors (Lipinski definition) is 2. The highest BCUT2D eigenvalue weighted by Crippen LogP contribution is 2.19. The van der Waals surface area contributed by atoms with E-state index in [1.54, 1.807) is 6.20 Å². The molecule has 0 aliphatic carbocycles. The summed E-state index contributed by atoms with van der Waals surface area (Å²) in [4.78, 5) is 8.48. The van der Waals surface area contributed by atoms with Crippen molar-refractivity contribution >= 4 is 23.7 Å². The van der Waals surface area contributed by atoms with Gasteiger partial charge in [-0.15, -0.1) is 12.6 Å². The number of nitrogens with zero attached hydrogens (tertiary/aromatic N) is 1. The van der Waals surface area contributed by atoms with Crippen LogP contribution in [0.2, 0.25) is 0 Å². The third kappa shape index (κ3) is 2.06. The standard InChI is InChI=1S/C14H12N2S/c17-12-5-3-10(4-6-12)8-11-9-16-14-13(11)2-1-7-15-14/h1-7,9,17H,8H2,(H,15,16).